The van der Waals surface area contributed by atoms with E-state index in [9.17, 15) is 9.90 Å². The van der Waals surface area contributed by atoms with E-state index in [1.165, 1.54) is 11.1 Å². The number of fused-ring (bicyclic) bond motifs is 3. The third-order valence-electron chi connectivity index (χ3n) is 3.66. The standard InChI is InChI=1S/C17H14O2/c1-2-12(17(18)19)14-8-5-9-15-13-7-4-3-6-11(13)10-16(14)15/h2-9H,10H2,1H3,(H,18,19)/b12-2+. The molecule has 0 heterocycles. The van der Waals surface area contributed by atoms with E-state index in [1.54, 1.807) is 13.0 Å². The van der Waals surface area contributed by atoms with Crippen LogP contribution in [0.25, 0.3) is 16.7 Å². The molecule has 1 N–H and O–H groups in total. The van der Waals surface area contributed by atoms with Crippen molar-refractivity contribution in [3.05, 3.63) is 65.2 Å². The summed E-state index contributed by atoms with van der Waals surface area (Å²) < 4.78 is 0. The van der Waals surface area contributed by atoms with E-state index >= 15 is 0 Å². The zero-order chi connectivity index (χ0) is 13.4. The Morgan fingerprint density at radius 3 is 2.58 bits per heavy atom. The summed E-state index contributed by atoms with van der Waals surface area (Å²) in [4.78, 5) is 11.3. The molecule has 3 rings (SSSR count). The third-order valence-corrected chi connectivity index (χ3v) is 3.66. The first kappa shape index (κ1) is 11.7. The Kier molecular flexibility index (Phi) is 2.71. The number of benzene rings is 2. The van der Waals surface area contributed by atoms with Crippen molar-refractivity contribution in [1.29, 1.82) is 0 Å². The summed E-state index contributed by atoms with van der Waals surface area (Å²) >= 11 is 0. The Morgan fingerprint density at radius 2 is 1.84 bits per heavy atom. The van der Waals surface area contributed by atoms with Gasteiger partial charge in [0.2, 0.25) is 0 Å². The first-order valence-corrected chi connectivity index (χ1v) is 6.32. The number of hydrogen-bond acceptors (Lipinski definition) is 1. The fourth-order valence-corrected chi connectivity index (χ4v) is 2.80. The molecule has 2 nitrogen and oxygen atoms in total. The maximum Gasteiger partial charge on any atom is 0.335 e. The SMILES string of the molecule is C/C=C(/C(=O)O)c1cccc2c1Cc1ccccc1-2. The molecule has 2 heteroatoms. The average molecular weight is 250 g/mol. The maximum atomic E-state index is 11.3. The van der Waals surface area contributed by atoms with Gasteiger partial charge in [0.1, 0.15) is 0 Å². The van der Waals surface area contributed by atoms with Gasteiger partial charge in [-0.1, -0.05) is 48.5 Å². The molecule has 0 aliphatic heterocycles. The van der Waals surface area contributed by atoms with Gasteiger partial charge in [0.05, 0.1) is 5.57 Å². The van der Waals surface area contributed by atoms with E-state index in [1.807, 2.05) is 24.3 Å². The average Bonchev–Trinajstić information content (AvgIpc) is 2.79. The van der Waals surface area contributed by atoms with Crippen molar-refractivity contribution < 1.29 is 9.90 Å². The van der Waals surface area contributed by atoms with Crippen LogP contribution in [0.2, 0.25) is 0 Å². The number of aliphatic carboxylic acids is 1. The van der Waals surface area contributed by atoms with Gasteiger partial charge < -0.3 is 5.11 Å². The molecule has 0 aromatic heterocycles. The fourth-order valence-electron chi connectivity index (χ4n) is 2.80. The Hall–Kier alpha value is -2.35. The molecule has 0 unspecified atom stereocenters. The highest BCUT2D eigenvalue weighted by Crippen LogP contribution is 2.39. The van der Waals surface area contributed by atoms with Gasteiger partial charge in [-0.25, -0.2) is 4.79 Å². The number of carbonyl (C=O) groups is 1. The highest BCUT2D eigenvalue weighted by molar-refractivity contribution is 6.16. The Bertz CT molecular complexity index is 696. The molecule has 0 saturated heterocycles. The van der Waals surface area contributed by atoms with Crippen LogP contribution in [0.3, 0.4) is 0 Å². The zero-order valence-corrected chi connectivity index (χ0v) is 10.7. The Balaban J connectivity index is 2.21. The largest absolute Gasteiger partial charge is 0.478 e. The van der Waals surface area contributed by atoms with Crippen LogP contribution >= 0.6 is 0 Å². The van der Waals surface area contributed by atoms with Gasteiger partial charge in [-0.3, -0.25) is 0 Å². The van der Waals surface area contributed by atoms with Gasteiger partial charge in [-0.05, 0) is 41.2 Å². The van der Waals surface area contributed by atoms with Crippen LogP contribution in [-0.2, 0) is 11.2 Å². The van der Waals surface area contributed by atoms with Gasteiger partial charge in [-0.15, -0.1) is 0 Å². The topological polar surface area (TPSA) is 37.3 Å². The summed E-state index contributed by atoms with van der Waals surface area (Å²) in [5.41, 5.74) is 5.99. The highest BCUT2D eigenvalue weighted by atomic mass is 16.4. The van der Waals surface area contributed by atoms with Gasteiger partial charge in [0, 0.05) is 0 Å². The minimum Gasteiger partial charge on any atom is -0.478 e. The molecule has 0 amide bonds. The lowest BCUT2D eigenvalue weighted by Gasteiger charge is -2.09. The number of rotatable bonds is 2. The normalized spacial score (nSPS) is 13.0. The second-order valence-corrected chi connectivity index (χ2v) is 4.67. The minimum absolute atomic E-state index is 0.379. The molecule has 1 aliphatic rings. The summed E-state index contributed by atoms with van der Waals surface area (Å²) in [7, 11) is 0. The summed E-state index contributed by atoms with van der Waals surface area (Å²) in [6, 6.07) is 14.2. The van der Waals surface area contributed by atoms with Crippen LogP contribution in [0, 0.1) is 0 Å². The number of allylic oxidation sites excluding steroid dienone is 1. The Labute approximate surface area is 112 Å². The molecular formula is C17H14O2. The molecule has 0 bridgehead atoms. The second-order valence-electron chi connectivity index (χ2n) is 4.67. The van der Waals surface area contributed by atoms with Crippen LogP contribution in [0.4, 0.5) is 0 Å². The van der Waals surface area contributed by atoms with Crippen molar-refractivity contribution in [3.63, 3.8) is 0 Å². The van der Waals surface area contributed by atoms with E-state index in [0.717, 1.165) is 23.1 Å². The van der Waals surface area contributed by atoms with Gasteiger partial charge in [0.25, 0.3) is 0 Å². The van der Waals surface area contributed by atoms with E-state index in [2.05, 4.69) is 18.2 Å². The van der Waals surface area contributed by atoms with Crippen molar-refractivity contribution in [2.45, 2.75) is 13.3 Å². The minimum atomic E-state index is -0.869. The predicted molar refractivity (Wildman–Crippen MR) is 76.0 cm³/mol. The van der Waals surface area contributed by atoms with E-state index in [-0.39, 0.29) is 0 Å². The lowest BCUT2D eigenvalue weighted by Crippen LogP contribution is -2.02. The van der Waals surface area contributed by atoms with Crippen LogP contribution in [0.15, 0.2) is 48.5 Å². The van der Waals surface area contributed by atoms with Crippen LogP contribution in [0.5, 0.6) is 0 Å². The first-order chi connectivity index (χ1) is 9.22. The summed E-state index contributed by atoms with van der Waals surface area (Å²) in [5.74, 6) is -0.869. The lowest BCUT2D eigenvalue weighted by molar-refractivity contribution is -0.130. The van der Waals surface area contributed by atoms with E-state index in [0.29, 0.717) is 5.57 Å². The van der Waals surface area contributed by atoms with Crippen molar-refractivity contribution in [2.75, 3.05) is 0 Å². The van der Waals surface area contributed by atoms with Crippen molar-refractivity contribution in [1.82, 2.24) is 0 Å². The third kappa shape index (κ3) is 1.76. The molecule has 0 fully saturated rings. The lowest BCUT2D eigenvalue weighted by atomic mass is 9.95. The smallest absolute Gasteiger partial charge is 0.335 e. The fraction of sp³-hybridized carbons (Fsp3) is 0.118. The van der Waals surface area contributed by atoms with E-state index in [4.69, 9.17) is 0 Å². The van der Waals surface area contributed by atoms with Gasteiger partial charge in [-0.2, -0.15) is 0 Å². The summed E-state index contributed by atoms with van der Waals surface area (Å²) in [5, 5.41) is 9.31. The summed E-state index contributed by atoms with van der Waals surface area (Å²) in [6.07, 6.45) is 2.48. The van der Waals surface area contributed by atoms with Crippen LogP contribution in [0.1, 0.15) is 23.6 Å². The highest BCUT2D eigenvalue weighted by Gasteiger charge is 2.23. The Morgan fingerprint density at radius 1 is 1.11 bits per heavy atom. The van der Waals surface area contributed by atoms with Crippen LogP contribution in [-0.4, -0.2) is 11.1 Å². The van der Waals surface area contributed by atoms with Crippen molar-refractivity contribution in [3.8, 4) is 11.1 Å². The van der Waals surface area contributed by atoms with E-state index < -0.39 is 5.97 Å². The zero-order valence-electron chi connectivity index (χ0n) is 10.7. The molecule has 19 heavy (non-hydrogen) atoms. The molecule has 94 valence electrons. The monoisotopic (exact) mass is 250 g/mol. The molecule has 1 aliphatic carbocycles. The van der Waals surface area contributed by atoms with Gasteiger partial charge in [0.15, 0.2) is 0 Å². The summed E-state index contributed by atoms with van der Waals surface area (Å²) in [6.45, 7) is 1.77. The van der Waals surface area contributed by atoms with Crippen LogP contribution < -0.4 is 0 Å². The molecule has 2 aromatic rings. The van der Waals surface area contributed by atoms with Gasteiger partial charge >= 0.3 is 5.97 Å². The number of carboxylic acid groups (broad SMARTS) is 1. The van der Waals surface area contributed by atoms with Crippen molar-refractivity contribution in [2.24, 2.45) is 0 Å². The molecule has 0 atom stereocenters. The van der Waals surface area contributed by atoms with Crippen molar-refractivity contribution >= 4 is 11.5 Å². The second kappa shape index (κ2) is 4.39. The number of hydrogen-bond donors (Lipinski definition) is 1. The maximum absolute atomic E-state index is 11.3. The molecule has 2 aromatic carbocycles. The molecule has 0 saturated carbocycles. The molecule has 0 spiro atoms. The predicted octanol–water partition coefficient (Wildman–Crippen LogP) is 3.75. The first-order valence-electron chi connectivity index (χ1n) is 6.32. The molecular weight excluding hydrogens is 236 g/mol. The molecule has 0 radical (unpaired) electrons. The quantitative estimate of drug-likeness (QED) is 0.703. The number of carboxylic acids is 1.